The lowest BCUT2D eigenvalue weighted by Gasteiger charge is -2.42. The minimum Gasteiger partial charge on any atom is -0.457 e. The average molecular weight is 348 g/mol. The quantitative estimate of drug-likeness (QED) is 0.581. The van der Waals surface area contributed by atoms with Crippen molar-refractivity contribution in [3.8, 4) is 6.07 Å². The molecule has 0 bridgehead atoms. The van der Waals surface area contributed by atoms with Crippen LogP contribution in [0.25, 0.3) is 0 Å². The molecular formula is C19H29NO3Si. The smallest absolute Gasteiger partial charge is 0.357 e. The summed E-state index contributed by atoms with van der Waals surface area (Å²) in [5.41, 5.74) is -1.95. The molecule has 0 heterocycles. The molecule has 0 fully saturated rings. The molecule has 0 spiro atoms. The maximum Gasteiger partial charge on any atom is 0.357 e. The van der Waals surface area contributed by atoms with Gasteiger partial charge in [-0.15, -0.1) is 0 Å². The normalized spacial score (nSPS) is 15.3. The van der Waals surface area contributed by atoms with Gasteiger partial charge in [0.2, 0.25) is 0 Å². The van der Waals surface area contributed by atoms with Crippen molar-refractivity contribution in [1.82, 2.24) is 0 Å². The van der Waals surface area contributed by atoms with E-state index >= 15 is 0 Å². The van der Waals surface area contributed by atoms with Crippen LogP contribution in [0.3, 0.4) is 0 Å². The highest BCUT2D eigenvalue weighted by Gasteiger charge is 2.52. The van der Waals surface area contributed by atoms with Crippen molar-refractivity contribution in [2.45, 2.75) is 70.9 Å². The fraction of sp³-hybridized carbons (Fsp3) is 0.579. The molecule has 132 valence electrons. The summed E-state index contributed by atoms with van der Waals surface area (Å²) in [7, 11) is -2.41. The standard InChI is InChI=1S/C19H29NO3Si/c1-17(2,3)22-16(21)19(14-20,15-12-10-9-11-13-15)23-24(7,8)18(4,5)6/h9-13H,1-8H3. The first kappa shape index (κ1) is 20.4. The number of ether oxygens (including phenoxy) is 1. The van der Waals surface area contributed by atoms with Gasteiger partial charge in [0.25, 0.3) is 5.60 Å². The van der Waals surface area contributed by atoms with Crippen LogP contribution in [0.2, 0.25) is 18.1 Å². The van der Waals surface area contributed by atoms with Crippen molar-refractivity contribution in [2.24, 2.45) is 0 Å². The molecule has 0 radical (unpaired) electrons. The first-order chi connectivity index (χ1) is 10.8. The summed E-state index contributed by atoms with van der Waals surface area (Å²) in [6, 6.07) is 11.0. The van der Waals surface area contributed by atoms with Gasteiger partial charge in [0.1, 0.15) is 11.7 Å². The van der Waals surface area contributed by atoms with Crippen molar-refractivity contribution in [2.75, 3.05) is 0 Å². The summed E-state index contributed by atoms with van der Waals surface area (Å²) in [6.07, 6.45) is 0. The summed E-state index contributed by atoms with van der Waals surface area (Å²) in [4.78, 5) is 13.0. The fourth-order valence-electron chi connectivity index (χ4n) is 1.91. The fourth-order valence-corrected chi connectivity index (χ4v) is 3.23. The lowest BCUT2D eigenvalue weighted by atomic mass is 9.95. The van der Waals surface area contributed by atoms with Crippen LogP contribution >= 0.6 is 0 Å². The van der Waals surface area contributed by atoms with Crippen molar-refractivity contribution in [3.63, 3.8) is 0 Å². The molecule has 1 rings (SSSR count). The Morgan fingerprint density at radius 3 is 1.92 bits per heavy atom. The Morgan fingerprint density at radius 1 is 1.04 bits per heavy atom. The van der Waals surface area contributed by atoms with Gasteiger partial charge < -0.3 is 9.16 Å². The molecule has 0 aromatic heterocycles. The van der Waals surface area contributed by atoms with Gasteiger partial charge in [0, 0.05) is 5.56 Å². The molecule has 0 aliphatic rings. The van der Waals surface area contributed by atoms with Gasteiger partial charge in [-0.2, -0.15) is 5.26 Å². The molecule has 0 saturated heterocycles. The summed E-state index contributed by atoms with van der Waals surface area (Å²) in [5.74, 6) is -0.659. The largest absolute Gasteiger partial charge is 0.457 e. The number of nitrogens with zero attached hydrogens (tertiary/aromatic N) is 1. The molecule has 24 heavy (non-hydrogen) atoms. The predicted molar refractivity (Wildman–Crippen MR) is 97.9 cm³/mol. The lowest BCUT2D eigenvalue weighted by Crippen LogP contribution is -2.52. The molecule has 1 aromatic rings. The summed E-state index contributed by atoms with van der Waals surface area (Å²) >= 11 is 0. The van der Waals surface area contributed by atoms with Crippen molar-refractivity contribution < 1.29 is 14.0 Å². The molecule has 1 aromatic carbocycles. The van der Waals surface area contributed by atoms with E-state index in [-0.39, 0.29) is 5.04 Å². The van der Waals surface area contributed by atoms with E-state index in [4.69, 9.17) is 9.16 Å². The monoisotopic (exact) mass is 347 g/mol. The first-order valence-corrected chi connectivity index (χ1v) is 11.1. The van der Waals surface area contributed by atoms with E-state index in [9.17, 15) is 10.1 Å². The topological polar surface area (TPSA) is 59.3 Å². The Balaban J connectivity index is 3.47. The Kier molecular flexibility index (Phi) is 5.69. The SMILES string of the molecule is CC(C)(C)OC(=O)C(C#N)(O[Si](C)(C)C(C)(C)C)c1ccccc1. The minimum atomic E-state index is -2.41. The zero-order chi connectivity index (χ0) is 18.8. The van der Waals surface area contributed by atoms with Gasteiger partial charge in [0.15, 0.2) is 8.32 Å². The number of nitriles is 1. The second-order valence-corrected chi connectivity index (χ2v) is 13.2. The van der Waals surface area contributed by atoms with Crippen LogP contribution in [0.4, 0.5) is 0 Å². The third kappa shape index (κ3) is 4.46. The molecule has 0 N–H and O–H groups in total. The summed E-state index contributed by atoms with van der Waals surface area (Å²) in [5, 5.41) is 9.83. The number of hydrogen-bond acceptors (Lipinski definition) is 4. The number of benzene rings is 1. The Labute approximate surface area is 146 Å². The van der Waals surface area contributed by atoms with Gasteiger partial charge in [0.05, 0.1) is 0 Å². The highest BCUT2D eigenvalue weighted by molar-refractivity contribution is 6.74. The molecule has 4 nitrogen and oxygen atoms in total. The van der Waals surface area contributed by atoms with E-state index in [1.54, 1.807) is 45.0 Å². The number of esters is 1. The number of rotatable bonds is 4. The van der Waals surface area contributed by atoms with Crippen molar-refractivity contribution >= 4 is 14.3 Å². The third-order valence-corrected chi connectivity index (χ3v) is 8.67. The highest BCUT2D eigenvalue weighted by Crippen LogP contribution is 2.42. The maximum absolute atomic E-state index is 13.0. The van der Waals surface area contributed by atoms with Crippen LogP contribution in [0.5, 0.6) is 0 Å². The van der Waals surface area contributed by atoms with E-state index in [2.05, 4.69) is 26.8 Å². The van der Waals surface area contributed by atoms with Crippen LogP contribution < -0.4 is 0 Å². The Morgan fingerprint density at radius 2 is 1.54 bits per heavy atom. The van der Waals surface area contributed by atoms with E-state index in [0.717, 1.165) is 0 Å². The van der Waals surface area contributed by atoms with Gasteiger partial charge >= 0.3 is 5.97 Å². The van der Waals surface area contributed by atoms with Gasteiger partial charge in [-0.25, -0.2) is 4.79 Å². The van der Waals surface area contributed by atoms with E-state index in [1.165, 1.54) is 0 Å². The number of carbonyl (C=O) groups is 1. The van der Waals surface area contributed by atoms with Crippen molar-refractivity contribution in [3.05, 3.63) is 35.9 Å². The second kappa shape index (κ2) is 6.70. The molecule has 1 atom stereocenters. The van der Waals surface area contributed by atoms with E-state index in [0.29, 0.717) is 5.56 Å². The predicted octanol–water partition coefficient (Wildman–Crippen LogP) is 4.77. The minimum absolute atomic E-state index is 0.147. The molecule has 0 aliphatic heterocycles. The van der Waals surface area contributed by atoms with Crippen LogP contribution in [0, 0.1) is 11.3 Å². The van der Waals surface area contributed by atoms with Gasteiger partial charge in [-0.1, -0.05) is 51.1 Å². The number of hydrogen-bond donors (Lipinski definition) is 0. The number of carbonyl (C=O) groups excluding carboxylic acids is 1. The lowest BCUT2D eigenvalue weighted by molar-refractivity contribution is -0.170. The molecular weight excluding hydrogens is 318 g/mol. The van der Waals surface area contributed by atoms with Crippen LogP contribution in [0.15, 0.2) is 30.3 Å². The van der Waals surface area contributed by atoms with E-state index < -0.39 is 25.5 Å². The third-order valence-electron chi connectivity index (χ3n) is 4.24. The molecule has 5 heteroatoms. The Hall–Kier alpha value is -1.64. The van der Waals surface area contributed by atoms with E-state index in [1.807, 2.05) is 19.2 Å². The van der Waals surface area contributed by atoms with Crippen molar-refractivity contribution in [1.29, 1.82) is 5.26 Å². The van der Waals surface area contributed by atoms with Crippen LogP contribution in [0.1, 0.15) is 47.1 Å². The summed E-state index contributed by atoms with van der Waals surface area (Å²) in [6.45, 7) is 15.6. The molecule has 0 aliphatic carbocycles. The summed E-state index contributed by atoms with van der Waals surface area (Å²) < 4.78 is 11.9. The van der Waals surface area contributed by atoms with Crippen LogP contribution in [-0.2, 0) is 19.6 Å². The Bertz CT molecular complexity index is 621. The zero-order valence-corrected chi connectivity index (χ0v) is 17.1. The second-order valence-electron chi connectivity index (χ2n) is 8.52. The van der Waals surface area contributed by atoms with Crippen LogP contribution in [-0.4, -0.2) is 19.9 Å². The average Bonchev–Trinajstić information content (AvgIpc) is 2.42. The zero-order valence-electron chi connectivity index (χ0n) is 16.1. The van der Waals surface area contributed by atoms with Gasteiger partial charge in [-0.3, -0.25) is 0 Å². The highest BCUT2D eigenvalue weighted by atomic mass is 28.4. The van der Waals surface area contributed by atoms with Gasteiger partial charge in [-0.05, 0) is 38.9 Å². The molecule has 1 unspecified atom stereocenters. The first-order valence-electron chi connectivity index (χ1n) is 8.15. The molecule has 0 saturated carbocycles. The molecule has 0 amide bonds. The maximum atomic E-state index is 13.0.